The molecular weight excluding hydrogens is 253 g/mol. The largest absolute Gasteiger partial charge is 0.464 e. The number of rotatable bonds is 4. The zero-order valence-electron chi connectivity index (χ0n) is 8.85. The number of halogens is 3. The minimum Gasteiger partial charge on any atom is -0.464 e. The van der Waals surface area contributed by atoms with Crippen molar-refractivity contribution in [1.29, 1.82) is 0 Å². The average Bonchev–Trinajstić information content (AvgIpc) is 2.76. The first-order chi connectivity index (χ1) is 8.45. The summed E-state index contributed by atoms with van der Waals surface area (Å²) in [5.41, 5.74) is 6.93. The summed E-state index contributed by atoms with van der Waals surface area (Å²) < 4.78 is 46.8. The zero-order valence-corrected chi connectivity index (χ0v) is 8.85. The molecule has 18 heavy (non-hydrogen) atoms. The molecule has 0 fully saturated rings. The molecule has 1 rings (SSSR count). The van der Waals surface area contributed by atoms with Gasteiger partial charge in [-0.1, -0.05) is 0 Å². The lowest BCUT2D eigenvalue weighted by Gasteiger charge is -2.08. The molecule has 0 saturated heterocycles. The highest BCUT2D eigenvalue weighted by Gasteiger charge is 2.36. The third-order valence-electron chi connectivity index (χ3n) is 1.77. The Morgan fingerprint density at radius 3 is 2.78 bits per heavy atom. The van der Waals surface area contributed by atoms with Crippen LogP contribution in [-0.2, 0) is 9.53 Å². The molecule has 0 bridgehead atoms. The van der Waals surface area contributed by atoms with E-state index < -0.39 is 24.3 Å². The predicted molar refractivity (Wildman–Crippen MR) is 53.4 cm³/mol. The number of furan rings is 1. The quantitative estimate of drug-likeness (QED) is 0.360. The van der Waals surface area contributed by atoms with Gasteiger partial charge in [0.15, 0.2) is 0 Å². The highest BCUT2D eigenvalue weighted by Crippen LogP contribution is 2.33. The van der Waals surface area contributed by atoms with Crippen LogP contribution in [0.3, 0.4) is 0 Å². The van der Waals surface area contributed by atoms with E-state index in [1.165, 1.54) is 6.07 Å². The maximum atomic E-state index is 12.6. The number of allylic oxidation sites excluding steroid dienone is 1. The van der Waals surface area contributed by atoms with Gasteiger partial charge in [-0.05, 0) is 18.2 Å². The van der Waals surface area contributed by atoms with E-state index in [9.17, 15) is 18.0 Å². The number of carbonyl (C=O) groups is 1. The molecule has 0 aliphatic rings. The molecule has 8 heteroatoms. The second-order valence-corrected chi connectivity index (χ2v) is 2.97. The van der Waals surface area contributed by atoms with Gasteiger partial charge in [-0.15, -0.1) is 0 Å². The van der Waals surface area contributed by atoms with Gasteiger partial charge in [0.05, 0.1) is 11.8 Å². The Bertz CT molecular complexity index is 485. The topological polar surface area (TPSA) is 75.8 Å². The number of nitrogens with zero attached hydrogens (tertiary/aromatic N) is 2. The highest BCUT2D eigenvalue weighted by atomic mass is 19.4. The highest BCUT2D eigenvalue weighted by molar-refractivity contribution is 6.20. The van der Waals surface area contributed by atoms with Crippen molar-refractivity contribution < 1.29 is 31.9 Å². The maximum Gasteiger partial charge on any atom is 0.419 e. The lowest BCUT2D eigenvalue weighted by atomic mass is 10.2. The van der Waals surface area contributed by atoms with Gasteiger partial charge in [0.25, 0.3) is 0 Å². The standard InChI is InChI=1S/C10H7F3N2O3/c11-10(12,13)7(8-2-1-4-17-8)3-5-18-9(16)6-15-14/h1-4,6H,5H2/b7-3-. The van der Waals surface area contributed by atoms with E-state index in [-0.39, 0.29) is 5.76 Å². The third-order valence-corrected chi connectivity index (χ3v) is 1.77. The Balaban J connectivity index is 2.79. The van der Waals surface area contributed by atoms with Crippen LogP contribution >= 0.6 is 0 Å². The van der Waals surface area contributed by atoms with Crippen molar-refractivity contribution in [3.63, 3.8) is 0 Å². The van der Waals surface area contributed by atoms with Crippen molar-refractivity contribution in [1.82, 2.24) is 0 Å². The van der Waals surface area contributed by atoms with Crippen molar-refractivity contribution in [3.8, 4) is 0 Å². The van der Waals surface area contributed by atoms with Gasteiger partial charge in [-0.2, -0.15) is 18.0 Å². The van der Waals surface area contributed by atoms with Crippen LogP contribution in [0.15, 0.2) is 28.9 Å². The molecule has 0 aliphatic heterocycles. The SMILES string of the molecule is [N-]=[N+]=CC(=O)OC/C=C(/c1ccco1)C(F)(F)F. The molecule has 1 aromatic heterocycles. The summed E-state index contributed by atoms with van der Waals surface area (Å²) in [5, 5.41) is 0. The van der Waals surface area contributed by atoms with E-state index in [1.54, 1.807) is 0 Å². The van der Waals surface area contributed by atoms with Crippen LogP contribution in [0.1, 0.15) is 5.76 Å². The fourth-order valence-electron chi connectivity index (χ4n) is 1.08. The Kier molecular flexibility index (Phi) is 4.45. The number of hydrogen-bond donors (Lipinski definition) is 0. The molecule has 1 aromatic rings. The van der Waals surface area contributed by atoms with Crippen molar-refractivity contribution in [3.05, 3.63) is 35.8 Å². The van der Waals surface area contributed by atoms with Crippen LogP contribution in [0, 0.1) is 0 Å². The molecule has 5 nitrogen and oxygen atoms in total. The van der Waals surface area contributed by atoms with Crippen LogP contribution in [0.2, 0.25) is 0 Å². The number of ether oxygens (including phenoxy) is 1. The monoisotopic (exact) mass is 260 g/mol. The number of alkyl halides is 3. The summed E-state index contributed by atoms with van der Waals surface area (Å²) >= 11 is 0. The van der Waals surface area contributed by atoms with Crippen molar-refractivity contribution >= 4 is 17.8 Å². The van der Waals surface area contributed by atoms with E-state index in [4.69, 9.17) is 5.53 Å². The summed E-state index contributed by atoms with van der Waals surface area (Å²) in [7, 11) is 0. The van der Waals surface area contributed by atoms with Gasteiger partial charge >= 0.3 is 18.4 Å². The summed E-state index contributed by atoms with van der Waals surface area (Å²) in [6.45, 7) is -0.625. The van der Waals surface area contributed by atoms with Crippen LogP contribution < -0.4 is 0 Å². The first-order valence-electron chi connectivity index (χ1n) is 4.60. The Morgan fingerprint density at radius 2 is 2.28 bits per heavy atom. The van der Waals surface area contributed by atoms with Crippen molar-refractivity contribution in [2.45, 2.75) is 6.18 Å². The second kappa shape index (κ2) is 5.83. The molecule has 0 aromatic carbocycles. The van der Waals surface area contributed by atoms with Gasteiger partial charge in [-0.25, -0.2) is 4.79 Å². The molecule has 1 heterocycles. The first kappa shape index (κ1) is 13.7. The van der Waals surface area contributed by atoms with Gasteiger partial charge < -0.3 is 14.7 Å². The molecule has 0 N–H and O–H groups in total. The lowest BCUT2D eigenvalue weighted by molar-refractivity contribution is -0.137. The minimum absolute atomic E-state index is 0.380. The molecule has 0 saturated carbocycles. The van der Waals surface area contributed by atoms with Crippen LogP contribution in [0.5, 0.6) is 0 Å². The molecule has 0 unspecified atom stereocenters. The summed E-state index contributed by atoms with van der Waals surface area (Å²) in [6.07, 6.45) is -2.45. The van der Waals surface area contributed by atoms with Crippen molar-refractivity contribution in [2.24, 2.45) is 0 Å². The summed E-state index contributed by atoms with van der Waals surface area (Å²) in [6, 6.07) is 2.44. The zero-order chi connectivity index (χ0) is 13.6. The van der Waals surface area contributed by atoms with Crippen LogP contribution in [0.4, 0.5) is 13.2 Å². The van der Waals surface area contributed by atoms with E-state index >= 15 is 0 Å². The minimum atomic E-state index is -4.63. The average molecular weight is 260 g/mol. The molecular formula is C10H7F3N2O3. The Morgan fingerprint density at radius 1 is 1.56 bits per heavy atom. The smallest absolute Gasteiger partial charge is 0.419 e. The molecule has 0 radical (unpaired) electrons. The number of carbonyl (C=O) groups excluding carboxylic acids is 1. The first-order valence-corrected chi connectivity index (χ1v) is 4.60. The third kappa shape index (κ3) is 3.91. The lowest BCUT2D eigenvalue weighted by Crippen LogP contribution is -2.12. The van der Waals surface area contributed by atoms with E-state index in [0.29, 0.717) is 12.3 Å². The Hall–Kier alpha value is -2.34. The normalized spacial score (nSPS) is 11.8. The van der Waals surface area contributed by atoms with Gasteiger partial charge in [0.1, 0.15) is 12.4 Å². The fraction of sp³-hybridized carbons (Fsp3) is 0.200. The maximum absolute atomic E-state index is 12.6. The summed E-state index contributed by atoms with van der Waals surface area (Å²) in [4.78, 5) is 13.1. The number of esters is 1. The molecule has 96 valence electrons. The fourth-order valence-corrected chi connectivity index (χ4v) is 1.08. The van der Waals surface area contributed by atoms with Gasteiger partial charge in [0.2, 0.25) is 0 Å². The van der Waals surface area contributed by atoms with Gasteiger partial charge in [-0.3, -0.25) is 0 Å². The molecule has 0 atom stereocenters. The van der Waals surface area contributed by atoms with Crippen molar-refractivity contribution in [2.75, 3.05) is 6.61 Å². The second-order valence-electron chi connectivity index (χ2n) is 2.97. The molecule has 0 spiro atoms. The van der Waals surface area contributed by atoms with Crippen LogP contribution in [0.25, 0.3) is 11.1 Å². The predicted octanol–water partition coefficient (Wildman–Crippen LogP) is 2.07. The summed E-state index contributed by atoms with van der Waals surface area (Å²) in [5.74, 6) is -1.44. The van der Waals surface area contributed by atoms with Gasteiger partial charge in [0, 0.05) is 0 Å². The molecule has 0 aliphatic carbocycles. The van der Waals surface area contributed by atoms with Crippen LogP contribution in [-0.4, -0.2) is 29.8 Å². The Labute approximate surface area is 99.1 Å². The number of hydrogen-bond acceptors (Lipinski definition) is 3. The van der Waals surface area contributed by atoms with E-state index in [1.807, 2.05) is 0 Å². The van der Waals surface area contributed by atoms with E-state index in [2.05, 4.69) is 13.9 Å². The molecule has 0 amide bonds. The van der Waals surface area contributed by atoms with E-state index in [0.717, 1.165) is 12.3 Å².